The molecule has 1 saturated heterocycles. The SMILES string of the molecule is CC[N+]1(CC)C[C@@]2(CCC(=O)[C@H]3CCCC[C@@H]32)[C](=[Cr])O[B-]1(F)F. The predicted octanol–water partition coefficient (Wildman–Crippen LogP) is 3.08. The van der Waals surface area contributed by atoms with Gasteiger partial charge >= 0.3 is 145 Å². The van der Waals surface area contributed by atoms with Gasteiger partial charge < -0.3 is 0 Å². The van der Waals surface area contributed by atoms with Crippen molar-refractivity contribution in [1.82, 2.24) is 0 Å². The van der Waals surface area contributed by atoms with Gasteiger partial charge in [0.05, 0.1) is 0 Å². The number of hydrogen-bond donors (Lipinski definition) is 0. The number of halogens is 2. The zero-order valence-corrected chi connectivity index (χ0v) is 15.3. The second-order valence-electron chi connectivity index (χ2n) is 7.60. The summed E-state index contributed by atoms with van der Waals surface area (Å²) in [7, 11) is -3.93. The molecule has 0 aromatic heterocycles. The molecule has 0 amide bonds. The van der Waals surface area contributed by atoms with Gasteiger partial charge in [-0.1, -0.05) is 0 Å². The van der Waals surface area contributed by atoms with Crippen molar-refractivity contribution in [2.45, 2.75) is 52.4 Å². The van der Waals surface area contributed by atoms with Crippen molar-refractivity contribution in [2.24, 2.45) is 17.3 Å². The Morgan fingerprint density at radius 1 is 1.30 bits per heavy atom. The number of ketones is 1. The summed E-state index contributed by atoms with van der Waals surface area (Å²) in [6.07, 6.45) is 5.19. The fraction of sp³-hybridized carbons (Fsp3) is 0.875. The van der Waals surface area contributed by atoms with E-state index in [0.717, 1.165) is 25.7 Å². The van der Waals surface area contributed by atoms with Crippen LogP contribution in [-0.2, 0) is 25.3 Å². The fourth-order valence-corrected chi connectivity index (χ4v) is 5.98. The molecule has 3 atom stereocenters. The van der Waals surface area contributed by atoms with Gasteiger partial charge in [-0.25, -0.2) is 0 Å². The van der Waals surface area contributed by atoms with Crippen molar-refractivity contribution in [3.05, 3.63) is 0 Å². The number of carbonyl (C=O) groups excluding carboxylic acids is 1. The number of Topliss-reactive ketones (excluding diaryl/α,β-unsaturated/α-hetero) is 1. The van der Waals surface area contributed by atoms with Gasteiger partial charge in [0.2, 0.25) is 0 Å². The molecule has 0 aromatic carbocycles. The van der Waals surface area contributed by atoms with E-state index in [1.165, 1.54) is 0 Å². The molecule has 0 bridgehead atoms. The Balaban J connectivity index is 2.02. The second-order valence-corrected chi connectivity index (χ2v) is 8.17. The van der Waals surface area contributed by atoms with Gasteiger partial charge in [-0.3, -0.25) is 0 Å². The number of fused-ring (bicyclic) bond motifs is 2. The van der Waals surface area contributed by atoms with Crippen molar-refractivity contribution in [3.8, 4) is 0 Å². The molecule has 1 aliphatic heterocycles. The Bertz CT molecular complexity index is 526. The van der Waals surface area contributed by atoms with Crippen LogP contribution in [0.15, 0.2) is 0 Å². The molecule has 0 N–H and O–H groups in total. The molecule has 0 aromatic rings. The van der Waals surface area contributed by atoms with Gasteiger partial charge in [0.25, 0.3) is 0 Å². The quantitative estimate of drug-likeness (QED) is 0.703. The van der Waals surface area contributed by atoms with Crippen LogP contribution in [0.3, 0.4) is 0 Å². The molecule has 23 heavy (non-hydrogen) atoms. The number of rotatable bonds is 2. The van der Waals surface area contributed by atoms with Crippen molar-refractivity contribution < 1.29 is 38.3 Å². The summed E-state index contributed by atoms with van der Waals surface area (Å²) < 4.78 is 34.8. The van der Waals surface area contributed by atoms with E-state index in [2.05, 4.69) is 15.9 Å². The van der Waals surface area contributed by atoms with E-state index in [0.29, 0.717) is 42.8 Å². The van der Waals surface area contributed by atoms with Crippen molar-refractivity contribution in [2.75, 3.05) is 19.6 Å². The van der Waals surface area contributed by atoms with Crippen LogP contribution in [0, 0.1) is 17.3 Å². The second kappa shape index (κ2) is 6.02. The Morgan fingerprint density at radius 2 is 1.96 bits per heavy atom. The molecule has 0 radical (unpaired) electrons. The summed E-state index contributed by atoms with van der Waals surface area (Å²) in [5.41, 5.74) is -0.394. The van der Waals surface area contributed by atoms with Crippen molar-refractivity contribution >= 4 is 17.4 Å². The first kappa shape index (κ1) is 17.7. The number of hydrogen-bond acceptors (Lipinski definition) is 2. The summed E-state index contributed by atoms with van der Waals surface area (Å²) >= 11 is 2.84. The summed E-state index contributed by atoms with van der Waals surface area (Å²) in [4.78, 5) is 12.4. The summed E-state index contributed by atoms with van der Waals surface area (Å²) in [6.45, 7) is 4.79. The van der Waals surface area contributed by atoms with Crippen LogP contribution in [0.5, 0.6) is 0 Å². The predicted molar refractivity (Wildman–Crippen MR) is 82.4 cm³/mol. The molecule has 2 aliphatic carbocycles. The molecule has 3 aliphatic rings. The van der Waals surface area contributed by atoms with Gasteiger partial charge in [-0.15, -0.1) is 0 Å². The van der Waals surface area contributed by atoms with E-state index in [1.807, 2.05) is 13.8 Å². The topological polar surface area (TPSA) is 26.3 Å². The maximum atomic E-state index is 14.7. The molecule has 130 valence electrons. The summed E-state index contributed by atoms with van der Waals surface area (Å²) in [6, 6.07) is 0. The third-order valence-corrected chi connectivity index (χ3v) is 7.64. The summed E-state index contributed by atoms with van der Waals surface area (Å²) in [5, 5.41) is 0. The zero-order chi connectivity index (χ0) is 16.9. The number of nitrogens with zero attached hydrogens (tertiary/aromatic N) is 1. The van der Waals surface area contributed by atoms with Crippen LogP contribution >= 0.6 is 0 Å². The van der Waals surface area contributed by atoms with Crippen LogP contribution in [-0.4, -0.2) is 41.4 Å². The Labute approximate surface area is 145 Å². The first-order valence-electron chi connectivity index (χ1n) is 8.94. The van der Waals surface area contributed by atoms with Gasteiger partial charge in [-0.2, -0.15) is 0 Å². The fourth-order valence-electron chi connectivity index (χ4n) is 5.31. The normalized spacial score (nSPS) is 39.3. The Hall–Kier alpha value is -0.0826. The van der Waals surface area contributed by atoms with E-state index in [9.17, 15) is 13.4 Å². The molecule has 3 nitrogen and oxygen atoms in total. The van der Waals surface area contributed by atoms with Crippen LogP contribution in [0.2, 0.25) is 0 Å². The van der Waals surface area contributed by atoms with Crippen LogP contribution < -0.4 is 0 Å². The average Bonchev–Trinajstić information content (AvgIpc) is 2.54. The Kier molecular flexibility index (Phi) is 4.64. The van der Waals surface area contributed by atoms with E-state index in [-0.39, 0.29) is 16.2 Å². The molecular weight excluding hydrogens is 339 g/mol. The molecular formula is C16H26BCrF2NO2. The van der Waals surface area contributed by atoms with Crippen molar-refractivity contribution in [1.29, 1.82) is 0 Å². The number of carbonyl (C=O) groups is 1. The third-order valence-electron chi connectivity index (χ3n) is 6.86. The van der Waals surface area contributed by atoms with Gasteiger partial charge in [0, 0.05) is 0 Å². The third kappa shape index (κ3) is 2.50. The minimum absolute atomic E-state index is 0.0410. The Morgan fingerprint density at radius 3 is 2.61 bits per heavy atom. The van der Waals surface area contributed by atoms with E-state index in [4.69, 9.17) is 4.65 Å². The zero-order valence-electron chi connectivity index (χ0n) is 14.0. The first-order chi connectivity index (χ1) is 10.8. The molecule has 1 spiro atoms. The maximum absolute atomic E-state index is 14.7. The minimum atomic E-state index is -3.93. The van der Waals surface area contributed by atoms with E-state index < -0.39 is 12.5 Å². The van der Waals surface area contributed by atoms with E-state index in [1.54, 1.807) is 0 Å². The van der Waals surface area contributed by atoms with Crippen molar-refractivity contribution in [3.63, 3.8) is 0 Å². The van der Waals surface area contributed by atoms with Gasteiger partial charge in [-0.05, 0) is 0 Å². The molecule has 3 fully saturated rings. The van der Waals surface area contributed by atoms with Crippen LogP contribution in [0.1, 0.15) is 52.4 Å². The van der Waals surface area contributed by atoms with E-state index >= 15 is 0 Å². The monoisotopic (exact) mass is 365 g/mol. The molecule has 7 heteroatoms. The standard InChI is InChI=1S/C16H26BF2NO2.Cr/c1-3-20(4-2)11-16(12-22-17(20,18)19)10-9-15(21)13-7-5-6-8-14(13)16;/h13-14H,3-11H2,1-2H3;/t13-,14-,16-;/m0./s1. The summed E-state index contributed by atoms with van der Waals surface area (Å²) in [5.74, 6) is 0.539. The van der Waals surface area contributed by atoms with Gasteiger partial charge in [0.15, 0.2) is 0 Å². The number of quaternary nitrogens is 1. The average molecular weight is 365 g/mol. The molecule has 0 unspecified atom stereocenters. The van der Waals surface area contributed by atoms with Crippen LogP contribution in [0.4, 0.5) is 8.63 Å². The molecule has 2 saturated carbocycles. The van der Waals surface area contributed by atoms with Gasteiger partial charge in [0.1, 0.15) is 0 Å². The van der Waals surface area contributed by atoms with Crippen LogP contribution in [0.25, 0.3) is 0 Å². The molecule has 1 heterocycles. The first-order valence-corrected chi connectivity index (χ1v) is 9.58. The molecule has 3 rings (SSSR count).